The van der Waals surface area contributed by atoms with Crippen LogP contribution in [0.25, 0.3) is 11.0 Å². The van der Waals surface area contributed by atoms with Crippen molar-refractivity contribution >= 4 is 17.0 Å². The van der Waals surface area contributed by atoms with Gasteiger partial charge < -0.3 is 19.5 Å². The standard InChI is InChI=1S/C20H28F3N3O3/c1-5-8-14-16(10-9-15-17(14)29-25-18(15)20(21,22)23)28-12-7-11-26(6-2)19(27)24-13(3)4/h9-10,13H,5-8,11-12H2,1-4H3,(H,24,27). The lowest BCUT2D eigenvalue weighted by atomic mass is 10.0. The summed E-state index contributed by atoms with van der Waals surface area (Å²) in [6.07, 6.45) is -2.75. The summed E-state index contributed by atoms with van der Waals surface area (Å²) in [5.74, 6) is 0.485. The number of nitrogens with one attached hydrogen (secondary N) is 1. The van der Waals surface area contributed by atoms with Crippen molar-refractivity contribution in [3.05, 3.63) is 23.4 Å². The number of aryl methyl sites for hydroxylation is 1. The summed E-state index contributed by atoms with van der Waals surface area (Å²) < 4.78 is 50.1. The molecule has 0 aliphatic rings. The Morgan fingerprint density at radius 2 is 2.03 bits per heavy atom. The molecule has 0 bridgehead atoms. The molecule has 0 aliphatic heterocycles. The van der Waals surface area contributed by atoms with Crippen molar-refractivity contribution in [1.29, 1.82) is 0 Å². The molecule has 1 N–H and O–H groups in total. The van der Waals surface area contributed by atoms with Gasteiger partial charge in [-0.05, 0) is 45.7 Å². The average molecular weight is 415 g/mol. The number of alkyl halides is 3. The molecule has 0 fully saturated rings. The Balaban J connectivity index is 2.08. The normalized spacial score (nSPS) is 11.9. The lowest BCUT2D eigenvalue weighted by Crippen LogP contribution is -2.43. The molecule has 9 heteroatoms. The molecule has 0 aliphatic carbocycles. The van der Waals surface area contributed by atoms with E-state index < -0.39 is 11.9 Å². The summed E-state index contributed by atoms with van der Waals surface area (Å²) in [6, 6.07) is 2.79. The Morgan fingerprint density at radius 1 is 1.31 bits per heavy atom. The van der Waals surface area contributed by atoms with Gasteiger partial charge in [0.2, 0.25) is 0 Å². The van der Waals surface area contributed by atoms with Gasteiger partial charge in [-0.15, -0.1) is 0 Å². The molecule has 0 unspecified atom stereocenters. The molecule has 2 amide bonds. The number of benzene rings is 1. The molecular formula is C20H28F3N3O3. The van der Waals surface area contributed by atoms with Gasteiger partial charge >= 0.3 is 12.2 Å². The van der Waals surface area contributed by atoms with Crippen molar-refractivity contribution in [2.24, 2.45) is 0 Å². The van der Waals surface area contributed by atoms with Crippen LogP contribution in [0.1, 0.15) is 51.8 Å². The second-order valence-electron chi connectivity index (χ2n) is 7.08. The number of hydrogen-bond donors (Lipinski definition) is 1. The topological polar surface area (TPSA) is 67.6 Å². The minimum absolute atomic E-state index is 0.0552. The molecule has 0 saturated heterocycles. The number of carbonyl (C=O) groups is 1. The van der Waals surface area contributed by atoms with E-state index in [4.69, 9.17) is 9.26 Å². The Hall–Kier alpha value is -2.45. The van der Waals surface area contributed by atoms with Crippen LogP contribution in [0.4, 0.5) is 18.0 Å². The molecule has 0 atom stereocenters. The van der Waals surface area contributed by atoms with E-state index in [2.05, 4.69) is 10.5 Å². The largest absolute Gasteiger partial charge is 0.493 e. The molecule has 162 valence electrons. The first-order valence-corrected chi connectivity index (χ1v) is 9.85. The zero-order valence-electron chi connectivity index (χ0n) is 17.2. The number of amides is 2. The van der Waals surface area contributed by atoms with E-state index in [1.807, 2.05) is 27.7 Å². The fraction of sp³-hybridized carbons (Fsp3) is 0.600. The average Bonchev–Trinajstić information content (AvgIpc) is 3.07. The second kappa shape index (κ2) is 9.84. The number of rotatable bonds is 9. The van der Waals surface area contributed by atoms with Crippen molar-refractivity contribution in [3.8, 4) is 5.75 Å². The molecule has 1 aromatic carbocycles. The Kier molecular flexibility index (Phi) is 7.75. The van der Waals surface area contributed by atoms with Gasteiger partial charge in [0.15, 0.2) is 11.3 Å². The molecular weight excluding hydrogens is 387 g/mol. The maximum absolute atomic E-state index is 13.1. The van der Waals surface area contributed by atoms with Crippen molar-refractivity contribution in [1.82, 2.24) is 15.4 Å². The minimum Gasteiger partial charge on any atom is -0.493 e. The van der Waals surface area contributed by atoms with Crippen molar-refractivity contribution in [2.75, 3.05) is 19.7 Å². The van der Waals surface area contributed by atoms with E-state index in [0.717, 1.165) is 6.42 Å². The predicted octanol–water partition coefficient (Wildman–Crippen LogP) is 5.01. The minimum atomic E-state index is -4.57. The van der Waals surface area contributed by atoms with Crippen LogP contribution in [0.15, 0.2) is 16.7 Å². The molecule has 2 rings (SSSR count). The Morgan fingerprint density at radius 3 is 2.62 bits per heavy atom. The highest BCUT2D eigenvalue weighted by Crippen LogP contribution is 2.38. The van der Waals surface area contributed by atoms with Gasteiger partial charge in [0.1, 0.15) is 5.75 Å². The van der Waals surface area contributed by atoms with Crippen LogP contribution in [-0.4, -0.2) is 41.8 Å². The molecule has 0 spiro atoms. The summed E-state index contributed by atoms with van der Waals surface area (Å²) >= 11 is 0. The number of carbonyl (C=O) groups excluding carboxylic acids is 1. The molecule has 29 heavy (non-hydrogen) atoms. The number of halogens is 3. The maximum atomic E-state index is 13.1. The van der Waals surface area contributed by atoms with Gasteiger partial charge in [-0.1, -0.05) is 18.5 Å². The summed E-state index contributed by atoms with van der Waals surface area (Å²) in [6.45, 7) is 9.03. The predicted molar refractivity (Wildman–Crippen MR) is 104 cm³/mol. The highest BCUT2D eigenvalue weighted by atomic mass is 19.4. The molecule has 1 heterocycles. The number of urea groups is 1. The fourth-order valence-electron chi connectivity index (χ4n) is 3.05. The zero-order chi connectivity index (χ0) is 21.6. The van der Waals surface area contributed by atoms with E-state index in [9.17, 15) is 18.0 Å². The second-order valence-corrected chi connectivity index (χ2v) is 7.08. The molecule has 6 nitrogen and oxygen atoms in total. The van der Waals surface area contributed by atoms with Gasteiger partial charge in [-0.25, -0.2) is 4.79 Å². The fourth-order valence-corrected chi connectivity index (χ4v) is 3.05. The first kappa shape index (κ1) is 22.8. The van der Waals surface area contributed by atoms with Crippen LogP contribution in [0.2, 0.25) is 0 Å². The summed E-state index contributed by atoms with van der Waals surface area (Å²) in [4.78, 5) is 13.8. The Labute approximate surface area is 168 Å². The summed E-state index contributed by atoms with van der Waals surface area (Å²) in [5.41, 5.74) is -0.327. The monoisotopic (exact) mass is 415 g/mol. The quantitative estimate of drug-likeness (QED) is 0.585. The highest BCUT2D eigenvalue weighted by Gasteiger charge is 2.37. The van der Waals surface area contributed by atoms with E-state index >= 15 is 0 Å². The van der Waals surface area contributed by atoms with Gasteiger partial charge in [0.05, 0.1) is 12.0 Å². The number of hydrogen-bond acceptors (Lipinski definition) is 4. The van der Waals surface area contributed by atoms with E-state index in [0.29, 0.717) is 43.9 Å². The molecule has 0 radical (unpaired) electrons. The highest BCUT2D eigenvalue weighted by molar-refractivity contribution is 5.85. The van der Waals surface area contributed by atoms with Gasteiger partial charge in [-0.2, -0.15) is 13.2 Å². The van der Waals surface area contributed by atoms with Crippen LogP contribution >= 0.6 is 0 Å². The van der Waals surface area contributed by atoms with Crippen LogP contribution < -0.4 is 10.1 Å². The molecule has 0 saturated carbocycles. The third-order valence-corrected chi connectivity index (χ3v) is 4.38. The number of nitrogens with zero attached hydrogens (tertiary/aromatic N) is 2. The third kappa shape index (κ3) is 5.77. The lowest BCUT2D eigenvalue weighted by Gasteiger charge is -2.23. The summed E-state index contributed by atoms with van der Waals surface area (Å²) in [5, 5.41) is 6.01. The molecule has 1 aromatic heterocycles. The van der Waals surface area contributed by atoms with E-state index in [-0.39, 0.29) is 23.0 Å². The first-order chi connectivity index (χ1) is 13.7. The van der Waals surface area contributed by atoms with Crippen LogP contribution in [0.5, 0.6) is 5.75 Å². The van der Waals surface area contributed by atoms with E-state index in [1.165, 1.54) is 12.1 Å². The number of fused-ring (bicyclic) bond motifs is 1. The third-order valence-electron chi connectivity index (χ3n) is 4.38. The van der Waals surface area contributed by atoms with Crippen molar-refractivity contribution in [3.63, 3.8) is 0 Å². The smallest absolute Gasteiger partial charge is 0.437 e. The SMILES string of the molecule is CCCc1c(OCCCN(CC)C(=O)NC(C)C)ccc2c(C(F)(F)F)noc12. The number of aromatic nitrogens is 1. The number of ether oxygens (including phenoxy) is 1. The van der Waals surface area contributed by atoms with Crippen molar-refractivity contribution < 1.29 is 27.2 Å². The first-order valence-electron chi connectivity index (χ1n) is 9.85. The zero-order valence-corrected chi connectivity index (χ0v) is 17.2. The van der Waals surface area contributed by atoms with Gasteiger partial charge in [0, 0.05) is 24.7 Å². The van der Waals surface area contributed by atoms with Gasteiger partial charge in [-0.3, -0.25) is 0 Å². The van der Waals surface area contributed by atoms with E-state index in [1.54, 1.807) is 4.90 Å². The van der Waals surface area contributed by atoms with Crippen LogP contribution in [-0.2, 0) is 12.6 Å². The van der Waals surface area contributed by atoms with Crippen LogP contribution in [0, 0.1) is 0 Å². The maximum Gasteiger partial charge on any atom is 0.437 e. The molecule has 2 aromatic rings. The Bertz CT molecular complexity index is 818. The summed E-state index contributed by atoms with van der Waals surface area (Å²) in [7, 11) is 0. The lowest BCUT2D eigenvalue weighted by molar-refractivity contribution is -0.141. The van der Waals surface area contributed by atoms with Gasteiger partial charge in [0.25, 0.3) is 0 Å². The van der Waals surface area contributed by atoms with Crippen LogP contribution in [0.3, 0.4) is 0 Å². The van der Waals surface area contributed by atoms with Crippen molar-refractivity contribution in [2.45, 2.75) is 59.2 Å².